The highest BCUT2D eigenvalue weighted by Gasteiger charge is 2.25. The molecule has 0 aromatic carbocycles. The van der Waals surface area contributed by atoms with Crippen LogP contribution in [0, 0.1) is 0 Å². The van der Waals surface area contributed by atoms with Crippen LogP contribution in [-0.4, -0.2) is 51.6 Å². The summed E-state index contributed by atoms with van der Waals surface area (Å²) in [4.78, 5) is 21.4. The van der Waals surface area contributed by atoms with Crippen molar-refractivity contribution < 1.29 is 29.4 Å². The van der Waals surface area contributed by atoms with Crippen LogP contribution in [-0.2, 0) is 9.59 Å². The molecule has 0 atom stereocenters. The molecule has 0 aliphatic rings. The number of carboxylic acid groups (broad SMARTS) is 2. The molecule has 0 rings (SSSR count). The Hall–Kier alpha value is -1.40. The second kappa shape index (κ2) is 11.3. The molecule has 0 aromatic heterocycles. The lowest BCUT2D eigenvalue weighted by atomic mass is 10.1. The van der Waals surface area contributed by atoms with Crippen molar-refractivity contribution in [2.24, 2.45) is 0 Å². The molecule has 0 unspecified atom stereocenters. The maximum Gasteiger partial charge on any atom is 0.309 e. The van der Waals surface area contributed by atoms with Crippen molar-refractivity contribution in [3.05, 3.63) is 12.3 Å². The fraction of sp³-hybridized carbons (Fsp3) is 0.733. The smallest absolute Gasteiger partial charge is 0.309 e. The predicted octanol–water partition coefficient (Wildman–Crippen LogP) is 2.19. The summed E-state index contributed by atoms with van der Waals surface area (Å²) in [5, 5.41) is 27.2. The van der Waals surface area contributed by atoms with Gasteiger partial charge in [0.15, 0.2) is 6.73 Å². The van der Waals surface area contributed by atoms with E-state index in [0.717, 1.165) is 25.7 Å². The fourth-order valence-corrected chi connectivity index (χ4v) is 2.07. The Labute approximate surface area is 126 Å². The van der Waals surface area contributed by atoms with Crippen molar-refractivity contribution in [2.45, 2.75) is 51.9 Å². The summed E-state index contributed by atoms with van der Waals surface area (Å²) in [6, 6.07) is 0. The van der Waals surface area contributed by atoms with E-state index in [1.807, 2.05) is 6.08 Å². The van der Waals surface area contributed by atoms with Gasteiger partial charge in [-0.05, 0) is 18.9 Å². The van der Waals surface area contributed by atoms with Gasteiger partial charge in [-0.1, -0.05) is 26.2 Å². The molecular formula is C15H28NO5+. The van der Waals surface area contributed by atoms with E-state index in [1.54, 1.807) is 6.20 Å². The number of unbranched alkanes of at least 4 members (excludes halogenated alkanes) is 4. The van der Waals surface area contributed by atoms with Crippen LogP contribution in [0.5, 0.6) is 0 Å². The van der Waals surface area contributed by atoms with E-state index in [-0.39, 0.29) is 37.1 Å². The number of carbonyl (C=O) groups is 2. The maximum absolute atomic E-state index is 10.7. The molecule has 3 N–H and O–H groups in total. The lowest BCUT2D eigenvalue weighted by Crippen LogP contribution is -2.46. The van der Waals surface area contributed by atoms with Crippen LogP contribution < -0.4 is 0 Å². The number of hydrogen-bond donors (Lipinski definition) is 3. The molecule has 0 bridgehead atoms. The lowest BCUT2D eigenvalue weighted by molar-refractivity contribution is -0.897. The SMILES string of the molecule is CCCCCC/C=C/[N+](CO)(CCC(=O)O)CCC(=O)O. The number of rotatable bonds is 13. The zero-order chi connectivity index (χ0) is 16.1. The highest BCUT2D eigenvalue weighted by atomic mass is 16.4. The zero-order valence-electron chi connectivity index (χ0n) is 12.8. The summed E-state index contributed by atoms with van der Waals surface area (Å²) in [5.74, 6) is -1.89. The number of aliphatic hydroxyl groups is 1. The molecule has 0 spiro atoms. The number of quaternary nitrogens is 1. The topological polar surface area (TPSA) is 94.8 Å². The largest absolute Gasteiger partial charge is 0.481 e. The molecule has 6 heteroatoms. The van der Waals surface area contributed by atoms with Crippen LogP contribution in [0.3, 0.4) is 0 Å². The molecule has 6 nitrogen and oxygen atoms in total. The third-order valence-corrected chi connectivity index (χ3v) is 3.47. The minimum Gasteiger partial charge on any atom is -0.481 e. The molecule has 0 aliphatic carbocycles. The second-order valence-electron chi connectivity index (χ2n) is 5.33. The number of nitrogens with zero attached hydrogens (tertiary/aromatic N) is 1. The molecule has 0 aliphatic heterocycles. The molecule has 122 valence electrons. The Morgan fingerprint density at radius 3 is 2.00 bits per heavy atom. The molecule has 0 amide bonds. The summed E-state index contributed by atoms with van der Waals surface area (Å²) >= 11 is 0. The summed E-state index contributed by atoms with van der Waals surface area (Å²) < 4.78 is -0.00756. The molecule has 0 saturated heterocycles. The molecule has 0 saturated carbocycles. The first-order valence-electron chi connectivity index (χ1n) is 7.53. The van der Waals surface area contributed by atoms with Gasteiger partial charge < -0.3 is 15.3 Å². The first-order chi connectivity index (χ1) is 9.95. The van der Waals surface area contributed by atoms with Crippen LogP contribution >= 0.6 is 0 Å². The van der Waals surface area contributed by atoms with E-state index in [2.05, 4.69) is 6.92 Å². The van der Waals surface area contributed by atoms with Gasteiger partial charge in [0.05, 0.1) is 32.1 Å². The van der Waals surface area contributed by atoms with Crippen molar-refractivity contribution in [3.8, 4) is 0 Å². The van der Waals surface area contributed by atoms with Gasteiger partial charge in [0.2, 0.25) is 0 Å². The molecule has 21 heavy (non-hydrogen) atoms. The van der Waals surface area contributed by atoms with Crippen LogP contribution in [0.25, 0.3) is 0 Å². The van der Waals surface area contributed by atoms with Crippen LogP contribution in [0.15, 0.2) is 12.3 Å². The van der Waals surface area contributed by atoms with Gasteiger partial charge in [-0.2, -0.15) is 0 Å². The fourth-order valence-electron chi connectivity index (χ4n) is 2.07. The Bertz CT molecular complexity index is 323. The van der Waals surface area contributed by atoms with Gasteiger partial charge >= 0.3 is 11.9 Å². The maximum atomic E-state index is 10.7. The first kappa shape index (κ1) is 19.6. The number of aliphatic carboxylic acids is 2. The van der Waals surface area contributed by atoms with Crippen molar-refractivity contribution in [1.82, 2.24) is 0 Å². The Morgan fingerprint density at radius 1 is 1.00 bits per heavy atom. The molecule has 0 heterocycles. The van der Waals surface area contributed by atoms with Crippen LogP contribution in [0.1, 0.15) is 51.9 Å². The van der Waals surface area contributed by atoms with Gasteiger partial charge in [0.1, 0.15) is 0 Å². The van der Waals surface area contributed by atoms with Gasteiger partial charge in [0, 0.05) is 0 Å². The van der Waals surface area contributed by atoms with Crippen molar-refractivity contribution in [1.29, 1.82) is 0 Å². The Balaban J connectivity index is 4.54. The second-order valence-corrected chi connectivity index (χ2v) is 5.33. The van der Waals surface area contributed by atoms with Crippen LogP contribution in [0.2, 0.25) is 0 Å². The third-order valence-electron chi connectivity index (χ3n) is 3.47. The Morgan fingerprint density at radius 2 is 1.57 bits per heavy atom. The normalized spacial score (nSPS) is 11.9. The van der Waals surface area contributed by atoms with Crippen molar-refractivity contribution in [2.75, 3.05) is 19.8 Å². The third kappa shape index (κ3) is 10.0. The zero-order valence-corrected chi connectivity index (χ0v) is 12.8. The number of hydrogen-bond acceptors (Lipinski definition) is 3. The minimum absolute atomic E-state index is 0.00756. The molecule has 0 fully saturated rings. The first-order valence-corrected chi connectivity index (χ1v) is 7.53. The molecule has 0 radical (unpaired) electrons. The minimum atomic E-state index is -0.947. The molecular weight excluding hydrogens is 274 g/mol. The highest BCUT2D eigenvalue weighted by molar-refractivity contribution is 5.67. The summed E-state index contributed by atoms with van der Waals surface area (Å²) in [5.41, 5.74) is 0. The lowest BCUT2D eigenvalue weighted by Gasteiger charge is -2.31. The summed E-state index contributed by atoms with van der Waals surface area (Å²) in [7, 11) is 0. The average Bonchev–Trinajstić information content (AvgIpc) is 2.45. The Kier molecular flexibility index (Phi) is 10.5. The van der Waals surface area contributed by atoms with E-state index in [1.165, 1.54) is 6.42 Å². The van der Waals surface area contributed by atoms with E-state index in [9.17, 15) is 14.7 Å². The summed E-state index contributed by atoms with van der Waals surface area (Å²) in [6.45, 7) is 2.25. The standard InChI is InChI=1S/C15H27NO5/c1-2-3-4-5-6-7-10-16(13-17,11-8-14(18)19)12-9-15(20)21/h7,10,17H,2-6,8-9,11-13H2,1H3,(H-,18,19,20,21)/p+1/b10-7+. The number of aliphatic hydroxyl groups excluding tert-OH is 1. The predicted molar refractivity (Wildman–Crippen MR) is 79.5 cm³/mol. The van der Waals surface area contributed by atoms with E-state index >= 15 is 0 Å². The monoisotopic (exact) mass is 302 g/mol. The number of carboxylic acids is 2. The van der Waals surface area contributed by atoms with Crippen LogP contribution in [0.4, 0.5) is 0 Å². The van der Waals surface area contributed by atoms with Crippen molar-refractivity contribution in [3.63, 3.8) is 0 Å². The van der Waals surface area contributed by atoms with Gasteiger partial charge in [-0.15, -0.1) is 0 Å². The quantitative estimate of drug-likeness (QED) is 0.275. The van der Waals surface area contributed by atoms with E-state index in [4.69, 9.17) is 10.2 Å². The summed E-state index contributed by atoms with van der Waals surface area (Å²) in [6.07, 6.45) is 8.90. The molecule has 0 aromatic rings. The van der Waals surface area contributed by atoms with Crippen molar-refractivity contribution >= 4 is 11.9 Å². The highest BCUT2D eigenvalue weighted by Crippen LogP contribution is 2.12. The van der Waals surface area contributed by atoms with E-state index < -0.39 is 11.9 Å². The number of allylic oxidation sites excluding steroid dienone is 1. The van der Waals surface area contributed by atoms with E-state index in [0.29, 0.717) is 0 Å². The van der Waals surface area contributed by atoms with Gasteiger partial charge in [0.25, 0.3) is 0 Å². The average molecular weight is 302 g/mol. The van der Waals surface area contributed by atoms with Gasteiger partial charge in [-0.3, -0.25) is 14.1 Å². The van der Waals surface area contributed by atoms with Gasteiger partial charge in [-0.25, -0.2) is 0 Å².